The summed E-state index contributed by atoms with van der Waals surface area (Å²) in [6, 6.07) is 11.6. The van der Waals surface area contributed by atoms with Gasteiger partial charge in [0.25, 0.3) is 0 Å². The van der Waals surface area contributed by atoms with Gasteiger partial charge in [-0.1, -0.05) is 36.0 Å². The Bertz CT molecular complexity index is 1300. The van der Waals surface area contributed by atoms with E-state index in [-0.39, 0.29) is 17.4 Å². The van der Waals surface area contributed by atoms with Crippen LogP contribution in [0.15, 0.2) is 47.8 Å². The van der Waals surface area contributed by atoms with E-state index in [9.17, 15) is 9.90 Å². The fourth-order valence-corrected chi connectivity index (χ4v) is 5.32. The molecule has 2 aromatic heterocycles. The van der Waals surface area contributed by atoms with Crippen molar-refractivity contribution in [3.8, 4) is 16.9 Å². The molecule has 4 rings (SSSR count). The number of benzene rings is 2. The Morgan fingerprint density at radius 3 is 2.65 bits per heavy atom. The smallest absolute Gasteiger partial charge is 0.234 e. The number of rotatable bonds is 5. The zero-order valence-electron chi connectivity index (χ0n) is 17.8. The number of thiophene rings is 1. The summed E-state index contributed by atoms with van der Waals surface area (Å²) in [6.45, 7) is 8.22. The van der Waals surface area contributed by atoms with E-state index in [1.165, 1.54) is 27.8 Å². The summed E-state index contributed by atoms with van der Waals surface area (Å²) in [5.74, 6) is 0.0389. The highest BCUT2D eigenvalue weighted by Crippen LogP contribution is 2.41. The maximum Gasteiger partial charge on any atom is 0.234 e. The van der Waals surface area contributed by atoms with Crippen LogP contribution in [0.4, 0.5) is 5.69 Å². The van der Waals surface area contributed by atoms with Crippen LogP contribution in [0.1, 0.15) is 21.6 Å². The number of hydrogen-bond donors (Lipinski definition) is 2. The molecule has 0 bridgehead atoms. The third kappa shape index (κ3) is 4.43. The third-order valence-electron chi connectivity index (χ3n) is 5.19. The van der Waals surface area contributed by atoms with Crippen LogP contribution >= 0.6 is 23.1 Å². The minimum absolute atomic E-state index is 0.0545. The molecular weight excluding hydrogens is 426 g/mol. The van der Waals surface area contributed by atoms with Gasteiger partial charge in [0.1, 0.15) is 21.9 Å². The molecule has 0 aliphatic carbocycles. The molecule has 0 aliphatic rings. The topological polar surface area (TPSA) is 75.1 Å². The first-order valence-electron chi connectivity index (χ1n) is 9.87. The van der Waals surface area contributed by atoms with E-state index in [1.54, 1.807) is 35.9 Å². The molecule has 31 heavy (non-hydrogen) atoms. The van der Waals surface area contributed by atoms with Gasteiger partial charge in [-0.25, -0.2) is 9.97 Å². The standard InChI is InChI=1S/C24H23N3O2S2/c1-13-5-8-19(28)18(9-13)27-20(29)11-30-23-22-21(16(4)31-24(22)26-12-25-23)17-7-6-14(2)15(3)10-17/h5-10,12,28H,11H2,1-4H3,(H,27,29). The fraction of sp³-hybridized carbons (Fsp3) is 0.208. The summed E-state index contributed by atoms with van der Waals surface area (Å²) < 4.78 is 0. The van der Waals surface area contributed by atoms with Gasteiger partial charge in [0.2, 0.25) is 5.91 Å². The van der Waals surface area contributed by atoms with Crippen molar-refractivity contribution < 1.29 is 9.90 Å². The van der Waals surface area contributed by atoms with E-state index >= 15 is 0 Å². The highest BCUT2D eigenvalue weighted by molar-refractivity contribution is 8.00. The van der Waals surface area contributed by atoms with Crippen molar-refractivity contribution in [3.05, 3.63) is 64.3 Å². The molecule has 5 nitrogen and oxygen atoms in total. The highest BCUT2D eigenvalue weighted by Gasteiger charge is 2.18. The van der Waals surface area contributed by atoms with Crippen molar-refractivity contribution in [2.24, 2.45) is 0 Å². The number of carbonyl (C=O) groups excluding carboxylic acids is 1. The number of phenols is 1. The van der Waals surface area contributed by atoms with E-state index in [0.29, 0.717) is 5.69 Å². The van der Waals surface area contributed by atoms with Gasteiger partial charge in [0.05, 0.1) is 16.8 Å². The third-order valence-corrected chi connectivity index (χ3v) is 7.19. The van der Waals surface area contributed by atoms with E-state index in [1.807, 2.05) is 6.92 Å². The molecule has 1 amide bonds. The molecule has 2 aromatic carbocycles. The summed E-state index contributed by atoms with van der Waals surface area (Å²) >= 11 is 3.02. The first-order chi connectivity index (χ1) is 14.8. The van der Waals surface area contributed by atoms with Crippen LogP contribution in [-0.4, -0.2) is 26.7 Å². The molecule has 0 unspecified atom stereocenters. The van der Waals surface area contributed by atoms with Gasteiger partial charge in [-0.2, -0.15) is 0 Å². The Labute approximate surface area is 189 Å². The number of nitrogens with zero attached hydrogens (tertiary/aromatic N) is 2. The van der Waals surface area contributed by atoms with Gasteiger partial charge in [-0.15, -0.1) is 11.3 Å². The summed E-state index contributed by atoms with van der Waals surface area (Å²) in [5, 5.41) is 14.5. The van der Waals surface area contributed by atoms with Crippen LogP contribution in [0, 0.1) is 27.7 Å². The van der Waals surface area contributed by atoms with Crippen molar-refractivity contribution in [1.29, 1.82) is 0 Å². The SMILES string of the molecule is Cc1ccc(O)c(NC(=O)CSc2ncnc3sc(C)c(-c4ccc(C)c(C)c4)c23)c1. The number of aromatic nitrogens is 2. The minimum atomic E-state index is -0.197. The molecule has 7 heteroatoms. The summed E-state index contributed by atoms with van der Waals surface area (Å²) in [7, 11) is 0. The van der Waals surface area contributed by atoms with Crippen LogP contribution in [0.5, 0.6) is 5.75 Å². The number of thioether (sulfide) groups is 1. The lowest BCUT2D eigenvalue weighted by Crippen LogP contribution is -2.14. The second kappa shape index (κ2) is 8.69. The zero-order chi connectivity index (χ0) is 22.1. The molecule has 0 saturated carbocycles. The molecule has 0 spiro atoms. The first kappa shape index (κ1) is 21.3. The van der Waals surface area contributed by atoms with Crippen LogP contribution in [0.2, 0.25) is 0 Å². The van der Waals surface area contributed by atoms with E-state index in [0.717, 1.165) is 31.9 Å². The summed E-state index contributed by atoms with van der Waals surface area (Å²) in [6.07, 6.45) is 1.55. The number of amides is 1. The molecule has 2 heterocycles. The number of carbonyl (C=O) groups is 1. The fourth-order valence-electron chi connectivity index (χ4n) is 3.44. The van der Waals surface area contributed by atoms with Crippen LogP contribution in [0.25, 0.3) is 21.3 Å². The van der Waals surface area contributed by atoms with Crippen molar-refractivity contribution in [1.82, 2.24) is 9.97 Å². The molecule has 0 saturated heterocycles. The van der Waals surface area contributed by atoms with Crippen molar-refractivity contribution >= 4 is 44.9 Å². The molecular formula is C24H23N3O2S2. The number of fused-ring (bicyclic) bond motifs is 1. The van der Waals surface area contributed by atoms with Crippen LogP contribution < -0.4 is 5.32 Å². The van der Waals surface area contributed by atoms with Crippen molar-refractivity contribution in [2.75, 3.05) is 11.1 Å². The van der Waals surface area contributed by atoms with Crippen LogP contribution in [-0.2, 0) is 4.79 Å². The molecule has 158 valence electrons. The number of nitrogens with one attached hydrogen (secondary N) is 1. The van der Waals surface area contributed by atoms with Gasteiger partial charge >= 0.3 is 0 Å². The second-order valence-corrected chi connectivity index (χ2v) is 9.72. The van der Waals surface area contributed by atoms with E-state index < -0.39 is 0 Å². The van der Waals surface area contributed by atoms with Crippen molar-refractivity contribution in [2.45, 2.75) is 32.7 Å². The number of hydrogen-bond acceptors (Lipinski definition) is 6. The quantitative estimate of drug-likeness (QED) is 0.221. The predicted molar refractivity (Wildman–Crippen MR) is 129 cm³/mol. The lowest BCUT2D eigenvalue weighted by Gasteiger charge is -2.10. The minimum Gasteiger partial charge on any atom is -0.506 e. The predicted octanol–water partition coefficient (Wildman–Crippen LogP) is 6.03. The molecule has 0 radical (unpaired) electrons. The number of aromatic hydroxyl groups is 1. The van der Waals surface area contributed by atoms with Gasteiger partial charge < -0.3 is 10.4 Å². The van der Waals surface area contributed by atoms with Gasteiger partial charge in [0, 0.05) is 10.4 Å². The Kier molecular flexibility index (Phi) is 5.98. The highest BCUT2D eigenvalue weighted by atomic mass is 32.2. The first-order valence-corrected chi connectivity index (χ1v) is 11.7. The molecule has 0 atom stereocenters. The van der Waals surface area contributed by atoms with Gasteiger partial charge in [0.15, 0.2) is 0 Å². The summed E-state index contributed by atoms with van der Waals surface area (Å²) in [5.41, 5.74) is 6.13. The Morgan fingerprint density at radius 2 is 1.87 bits per heavy atom. The normalized spacial score (nSPS) is 11.1. The van der Waals surface area contributed by atoms with Gasteiger partial charge in [-0.05, 0) is 62.1 Å². The molecule has 4 aromatic rings. The van der Waals surface area contributed by atoms with Crippen molar-refractivity contribution in [3.63, 3.8) is 0 Å². The number of phenolic OH excluding ortho intramolecular Hbond substituents is 1. The van der Waals surface area contributed by atoms with E-state index in [2.05, 4.69) is 54.3 Å². The lowest BCUT2D eigenvalue weighted by molar-refractivity contribution is -0.113. The van der Waals surface area contributed by atoms with Crippen LogP contribution in [0.3, 0.4) is 0 Å². The average Bonchev–Trinajstić information content (AvgIpc) is 3.07. The zero-order valence-corrected chi connectivity index (χ0v) is 19.4. The molecule has 2 N–H and O–H groups in total. The Balaban J connectivity index is 1.63. The lowest BCUT2D eigenvalue weighted by atomic mass is 9.99. The number of anilines is 1. The summed E-state index contributed by atoms with van der Waals surface area (Å²) in [4.78, 5) is 23.6. The van der Waals surface area contributed by atoms with E-state index in [4.69, 9.17) is 0 Å². The van der Waals surface area contributed by atoms with Gasteiger partial charge in [-0.3, -0.25) is 4.79 Å². The largest absolute Gasteiger partial charge is 0.506 e. The molecule has 0 aliphatic heterocycles. The maximum absolute atomic E-state index is 12.5. The average molecular weight is 450 g/mol. The second-order valence-electron chi connectivity index (χ2n) is 7.55. The maximum atomic E-state index is 12.5. The monoisotopic (exact) mass is 449 g/mol. The number of aryl methyl sites for hydroxylation is 4. The Morgan fingerprint density at radius 1 is 1.06 bits per heavy atom. The Hall–Kier alpha value is -2.90. The molecule has 0 fully saturated rings.